The van der Waals surface area contributed by atoms with E-state index < -0.39 is 0 Å². The number of aryl methyl sites for hydroxylation is 1. The van der Waals surface area contributed by atoms with Crippen molar-refractivity contribution in [1.29, 1.82) is 0 Å². The van der Waals surface area contributed by atoms with Gasteiger partial charge in [-0.1, -0.05) is 6.58 Å². The van der Waals surface area contributed by atoms with Crippen molar-refractivity contribution in [3.8, 4) is 5.75 Å². The standard InChI is InChI=1S/C13H15N3O2/c1-4-13(17)14-8-12-15-10-7-9(18-3)5-6-11(10)16(12)2/h4-7H,1,8H2,2-3H3,(H,14,17). The number of hydrogen-bond donors (Lipinski definition) is 1. The molecular formula is C13H15N3O2. The number of nitrogens with one attached hydrogen (secondary N) is 1. The van der Waals surface area contributed by atoms with E-state index in [0.717, 1.165) is 22.6 Å². The van der Waals surface area contributed by atoms with E-state index in [4.69, 9.17) is 4.74 Å². The van der Waals surface area contributed by atoms with Crippen LogP contribution >= 0.6 is 0 Å². The van der Waals surface area contributed by atoms with Crippen molar-refractivity contribution in [2.75, 3.05) is 7.11 Å². The Labute approximate surface area is 105 Å². The van der Waals surface area contributed by atoms with Gasteiger partial charge < -0.3 is 14.6 Å². The van der Waals surface area contributed by atoms with Gasteiger partial charge >= 0.3 is 0 Å². The molecule has 0 bridgehead atoms. The fourth-order valence-electron chi connectivity index (χ4n) is 1.75. The summed E-state index contributed by atoms with van der Waals surface area (Å²) in [7, 11) is 3.53. The van der Waals surface area contributed by atoms with E-state index in [-0.39, 0.29) is 5.91 Å². The van der Waals surface area contributed by atoms with Gasteiger partial charge in [-0.05, 0) is 18.2 Å². The van der Waals surface area contributed by atoms with E-state index in [1.54, 1.807) is 7.11 Å². The number of amides is 1. The van der Waals surface area contributed by atoms with E-state index in [1.807, 2.05) is 29.8 Å². The molecule has 5 heteroatoms. The highest BCUT2D eigenvalue weighted by Crippen LogP contribution is 2.20. The van der Waals surface area contributed by atoms with Crippen molar-refractivity contribution in [1.82, 2.24) is 14.9 Å². The van der Waals surface area contributed by atoms with Crippen molar-refractivity contribution in [3.63, 3.8) is 0 Å². The number of fused-ring (bicyclic) bond motifs is 1. The first-order valence-corrected chi connectivity index (χ1v) is 5.55. The molecule has 0 fully saturated rings. The number of rotatable bonds is 4. The quantitative estimate of drug-likeness (QED) is 0.828. The monoisotopic (exact) mass is 245 g/mol. The molecule has 1 N–H and O–H groups in total. The summed E-state index contributed by atoms with van der Waals surface area (Å²) in [6.45, 7) is 3.78. The lowest BCUT2D eigenvalue weighted by Crippen LogP contribution is -2.21. The zero-order valence-electron chi connectivity index (χ0n) is 10.4. The Kier molecular flexibility index (Phi) is 3.32. The number of benzene rings is 1. The van der Waals surface area contributed by atoms with Crippen LogP contribution in [0.5, 0.6) is 5.75 Å². The number of carbonyl (C=O) groups is 1. The molecule has 1 heterocycles. The first-order valence-electron chi connectivity index (χ1n) is 5.55. The molecule has 0 aliphatic carbocycles. The number of aromatic nitrogens is 2. The molecule has 1 amide bonds. The minimum Gasteiger partial charge on any atom is -0.497 e. The van der Waals surface area contributed by atoms with Crippen LogP contribution in [0.4, 0.5) is 0 Å². The zero-order chi connectivity index (χ0) is 13.1. The number of nitrogens with zero attached hydrogens (tertiary/aromatic N) is 2. The minimum atomic E-state index is -0.209. The molecular weight excluding hydrogens is 230 g/mol. The molecule has 0 aliphatic heterocycles. The maximum atomic E-state index is 11.1. The molecule has 0 unspecified atom stereocenters. The SMILES string of the molecule is C=CC(=O)NCc1nc2cc(OC)ccc2n1C. The van der Waals surface area contributed by atoms with E-state index in [0.29, 0.717) is 6.54 Å². The Morgan fingerprint density at radius 3 is 3.06 bits per heavy atom. The van der Waals surface area contributed by atoms with Crippen LogP contribution < -0.4 is 10.1 Å². The van der Waals surface area contributed by atoms with Crippen molar-refractivity contribution >= 4 is 16.9 Å². The highest BCUT2D eigenvalue weighted by molar-refractivity contribution is 5.86. The topological polar surface area (TPSA) is 56.1 Å². The van der Waals surface area contributed by atoms with Crippen LogP contribution in [0, 0.1) is 0 Å². The second-order valence-electron chi connectivity index (χ2n) is 3.86. The molecule has 1 aromatic carbocycles. The second-order valence-corrected chi connectivity index (χ2v) is 3.86. The average Bonchev–Trinajstić information content (AvgIpc) is 2.72. The molecule has 0 radical (unpaired) electrons. The Bertz CT molecular complexity index is 602. The smallest absolute Gasteiger partial charge is 0.243 e. The summed E-state index contributed by atoms with van der Waals surface area (Å²) >= 11 is 0. The van der Waals surface area contributed by atoms with Gasteiger partial charge in [0.05, 0.1) is 24.7 Å². The summed E-state index contributed by atoms with van der Waals surface area (Å²) < 4.78 is 7.10. The predicted molar refractivity (Wildman–Crippen MR) is 69.3 cm³/mol. The molecule has 94 valence electrons. The summed E-state index contributed by atoms with van der Waals surface area (Å²) in [4.78, 5) is 15.6. The maximum Gasteiger partial charge on any atom is 0.243 e. The summed E-state index contributed by atoms with van der Waals surface area (Å²) in [6, 6.07) is 5.70. The molecule has 0 aliphatic rings. The third-order valence-corrected chi connectivity index (χ3v) is 2.79. The van der Waals surface area contributed by atoms with Gasteiger partial charge in [-0.3, -0.25) is 4.79 Å². The van der Waals surface area contributed by atoms with Crippen LogP contribution in [-0.4, -0.2) is 22.6 Å². The van der Waals surface area contributed by atoms with Crippen molar-refractivity contribution in [2.45, 2.75) is 6.54 Å². The maximum absolute atomic E-state index is 11.1. The molecule has 2 aromatic rings. The van der Waals surface area contributed by atoms with E-state index in [1.165, 1.54) is 6.08 Å². The van der Waals surface area contributed by atoms with Gasteiger partial charge in [0, 0.05) is 13.1 Å². The number of carbonyl (C=O) groups excluding carboxylic acids is 1. The molecule has 2 rings (SSSR count). The summed E-state index contributed by atoms with van der Waals surface area (Å²) in [6.07, 6.45) is 1.24. The van der Waals surface area contributed by atoms with Crippen molar-refractivity contribution in [3.05, 3.63) is 36.7 Å². The molecule has 0 spiro atoms. The lowest BCUT2D eigenvalue weighted by molar-refractivity contribution is -0.116. The van der Waals surface area contributed by atoms with E-state index >= 15 is 0 Å². The summed E-state index contributed by atoms with van der Waals surface area (Å²) in [5, 5.41) is 2.71. The molecule has 5 nitrogen and oxygen atoms in total. The molecule has 0 saturated carbocycles. The molecule has 0 atom stereocenters. The molecule has 1 aromatic heterocycles. The lowest BCUT2D eigenvalue weighted by Gasteiger charge is -2.03. The van der Waals surface area contributed by atoms with Gasteiger partial charge in [0.1, 0.15) is 11.6 Å². The van der Waals surface area contributed by atoms with Crippen LogP contribution in [0.15, 0.2) is 30.9 Å². The average molecular weight is 245 g/mol. The second kappa shape index (κ2) is 4.91. The first kappa shape index (κ1) is 12.2. The van der Waals surface area contributed by atoms with Gasteiger partial charge in [-0.2, -0.15) is 0 Å². The molecule has 18 heavy (non-hydrogen) atoms. The van der Waals surface area contributed by atoms with Crippen LogP contribution in [0.3, 0.4) is 0 Å². The van der Waals surface area contributed by atoms with Gasteiger partial charge in [0.25, 0.3) is 0 Å². The van der Waals surface area contributed by atoms with E-state index in [2.05, 4.69) is 16.9 Å². The van der Waals surface area contributed by atoms with Gasteiger partial charge in [0.15, 0.2) is 0 Å². The minimum absolute atomic E-state index is 0.209. The third kappa shape index (κ3) is 2.20. The summed E-state index contributed by atoms with van der Waals surface area (Å²) in [5.74, 6) is 1.34. The van der Waals surface area contributed by atoms with Crippen molar-refractivity contribution in [2.24, 2.45) is 7.05 Å². The van der Waals surface area contributed by atoms with Gasteiger partial charge in [0.2, 0.25) is 5.91 Å². The van der Waals surface area contributed by atoms with Gasteiger partial charge in [-0.15, -0.1) is 0 Å². The number of imidazole rings is 1. The van der Waals surface area contributed by atoms with E-state index in [9.17, 15) is 4.79 Å². The summed E-state index contributed by atoms with van der Waals surface area (Å²) in [5.41, 5.74) is 1.85. The fraction of sp³-hybridized carbons (Fsp3) is 0.231. The van der Waals surface area contributed by atoms with Crippen LogP contribution in [0.1, 0.15) is 5.82 Å². The molecule has 0 saturated heterocycles. The van der Waals surface area contributed by atoms with Crippen LogP contribution in [0.2, 0.25) is 0 Å². The Hall–Kier alpha value is -2.30. The Morgan fingerprint density at radius 2 is 2.39 bits per heavy atom. The normalized spacial score (nSPS) is 10.3. The number of ether oxygens (including phenoxy) is 1. The van der Waals surface area contributed by atoms with Gasteiger partial charge in [-0.25, -0.2) is 4.98 Å². The highest BCUT2D eigenvalue weighted by Gasteiger charge is 2.08. The fourth-order valence-corrected chi connectivity index (χ4v) is 1.75. The number of methoxy groups -OCH3 is 1. The predicted octanol–water partition coefficient (Wildman–Crippen LogP) is 1.38. The Balaban J connectivity index is 2.31. The largest absolute Gasteiger partial charge is 0.497 e. The lowest BCUT2D eigenvalue weighted by atomic mass is 10.3. The zero-order valence-corrected chi connectivity index (χ0v) is 10.4. The van der Waals surface area contributed by atoms with Crippen LogP contribution in [-0.2, 0) is 18.4 Å². The van der Waals surface area contributed by atoms with Crippen molar-refractivity contribution < 1.29 is 9.53 Å². The Morgan fingerprint density at radius 1 is 1.61 bits per heavy atom. The first-order chi connectivity index (χ1) is 8.65. The highest BCUT2D eigenvalue weighted by atomic mass is 16.5. The van der Waals surface area contributed by atoms with Crippen LogP contribution in [0.25, 0.3) is 11.0 Å². The number of hydrogen-bond acceptors (Lipinski definition) is 3. The third-order valence-electron chi connectivity index (χ3n) is 2.79.